The van der Waals surface area contributed by atoms with Gasteiger partial charge in [0.15, 0.2) is 34.8 Å². The van der Waals surface area contributed by atoms with Crippen molar-refractivity contribution in [2.24, 2.45) is 0 Å². The van der Waals surface area contributed by atoms with Crippen molar-refractivity contribution >= 4 is 12.6 Å². The molecule has 0 radical (unpaired) electrons. The van der Waals surface area contributed by atoms with E-state index in [1.165, 1.54) is 6.07 Å². The predicted molar refractivity (Wildman–Crippen MR) is 111 cm³/mol. The molecule has 0 unspecified atom stereocenters. The summed E-state index contributed by atoms with van der Waals surface area (Å²) in [7, 11) is -2.51. The molecule has 0 aliphatic carbocycles. The summed E-state index contributed by atoms with van der Waals surface area (Å²) < 4.78 is 163. The van der Waals surface area contributed by atoms with Crippen molar-refractivity contribution in [2.45, 2.75) is 0 Å². The normalized spacial score (nSPS) is 11.0. The van der Waals surface area contributed by atoms with E-state index in [0.717, 1.165) is 24.3 Å². The highest BCUT2D eigenvalue weighted by atomic mass is 19.2. The molecule has 38 heavy (non-hydrogen) atoms. The Kier molecular flexibility index (Phi) is 7.25. The van der Waals surface area contributed by atoms with Crippen molar-refractivity contribution in [2.75, 3.05) is 0 Å². The van der Waals surface area contributed by atoms with E-state index in [1.807, 2.05) is 0 Å². The highest BCUT2D eigenvalue weighted by Crippen LogP contribution is 2.32. The summed E-state index contributed by atoms with van der Waals surface area (Å²) in [5.41, 5.74) is -1.76. The third kappa shape index (κ3) is 4.73. The van der Waals surface area contributed by atoms with Crippen molar-refractivity contribution in [3.63, 3.8) is 0 Å². The Hall–Kier alpha value is -4.23. The second-order valence-electron chi connectivity index (χ2n) is 7.48. The van der Waals surface area contributed by atoms with Crippen LogP contribution >= 0.6 is 0 Å². The first-order valence-corrected chi connectivity index (χ1v) is 10.1. The summed E-state index contributed by atoms with van der Waals surface area (Å²) in [6, 6.07) is 5.92. The van der Waals surface area contributed by atoms with E-state index in [1.54, 1.807) is 0 Å². The Morgan fingerprint density at radius 1 is 0.474 bits per heavy atom. The van der Waals surface area contributed by atoms with Crippen molar-refractivity contribution in [3.8, 4) is 22.6 Å². The molecular formula is C24H8BF11O2. The molecule has 0 aliphatic heterocycles. The first-order chi connectivity index (χ1) is 17.9. The smallest absolute Gasteiger partial charge is 0.520 e. The fourth-order valence-electron chi connectivity index (χ4n) is 3.36. The SMILES string of the molecule is Fc1cc(F)c(F)c(OB(Oc2c(F)c(F)c(F)c(F)c2F)c2ccccc2-c2ccc(F)c(F)c2F)c1. The Bertz CT molecular complexity index is 1530. The van der Waals surface area contributed by atoms with Gasteiger partial charge in [-0.25, -0.2) is 35.1 Å². The van der Waals surface area contributed by atoms with E-state index >= 15 is 0 Å². The molecule has 2 nitrogen and oxygen atoms in total. The van der Waals surface area contributed by atoms with Crippen molar-refractivity contribution < 1.29 is 57.6 Å². The standard InChI is InChI=1S/C24H8BF11O2/c26-9-7-14(28)17(30)15(8-9)37-25(38-24-22(35)20(33)19(32)21(34)23(24)36)12-4-2-1-3-10(12)11-5-6-13(27)18(31)16(11)29/h1-8H. The first kappa shape index (κ1) is 26.8. The molecule has 14 heteroatoms. The third-order valence-corrected chi connectivity index (χ3v) is 5.13. The maximum atomic E-state index is 14.6. The van der Waals surface area contributed by atoms with Crippen LogP contribution in [-0.4, -0.2) is 7.12 Å². The average Bonchev–Trinajstić information content (AvgIpc) is 2.89. The van der Waals surface area contributed by atoms with Crippen LogP contribution in [0.25, 0.3) is 11.1 Å². The average molecular weight is 548 g/mol. The second-order valence-corrected chi connectivity index (χ2v) is 7.48. The molecule has 4 aromatic rings. The van der Waals surface area contributed by atoms with E-state index in [0.29, 0.717) is 6.07 Å². The maximum absolute atomic E-state index is 14.6. The number of benzene rings is 4. The predicted octanol–water partition coefficient (Wildman–Crippen LogP) is 6.74. The van der Waals surface area contributed by atoms with Gasteiger partial charge in [-0.2, -0.15) is 13.2 Å². The lowest BCUT2D eigenvalue weighted by Crippen LogP contribution is -2.44. The van der Waals surface area contributed by atoms with Crippen LogP contribution in [0, 0.1) is 64.0 Å². The highest BCUT2D eigenvalue weighted by Gasteiger charge is 2.37. The third-order valence-electron chi connectivity index (χ3n) is 5.13. The molecule has 0 fully saturated rings. The van der Waals surface area contributed by atoms with Crippen LogP contribution < -0.4 is 14.8 Å². The molecule has 0 saturated heterocycles. The molecule has 0 heterocycles. The van der Waals surface area contributed by atoms with Crippen LogP contribution in [0.4, 0.5) is 48.3 Å². The Balaban J connectivity index is 1.94. The number of halogens is 11. The molecule has 196 valence electrons. The zero-order chi connectivity index (χ0) is 27.9. The monoisotopic (exact) mass is 548 g/mol. The molecule has 0 spiro atoms. The largest absolute Gasteiger partial charge is 0.633 e. The zero-order valence-electron chi connectivity index (χ0n) is 18.2. The Morgan fingerprint density at radius 2 is 1.08 bits per heavy atom. The molecule has 0 saturated carbocycles. The molecule has 0 aliphatic rings. The molecule has 0 aromatic heterocycles. The van der Waals surface area contributed by atoms with Gasteiger partial charge in [0.25, 0.3) is 0 Å². The fourth-order valence-corrected chi connectivity index (χ4v) is 3.36. The lowest BCUT2D eigenvalue weighted by molar-refractivity contribution is 0.331. The van der Waals surface area contributed by atoms with E-state index < -0.39 is 99.2 Å². The van der Waals surface area contributed by atoms with Crippen LogP contribution in [0.2, 0.25) is 0 Å². The Labute approximate surface area is 206 Å². The van der Waals surface area contributed by atoms with Crippen LogP contribution in [0.3, 0.4) is 0 Å². The van der Waals surface area contributed by atoms with Gasteiger partial charge in [0, 0.05) is 23.2 Å². The molecule has 0 atom stereocenters. The van der Waals surface area contributed by atoms with Crippen LogP contribution in [0.1, 0.15) is 0 Å². The van der Waals surface area contributed by atoms with Gasteiger partial charge < -0.3 is 9.31 Å². The second kappa shape index (κ2) is 10.3. The number of hydrogen-bond donors (Lipinski definition) is 0. The van der Waals surface area contributed by atoms with Gasteiger partial charge in [0.05, 0.1) is 0 Å². The van der Waals surface area contributed by atoms with Gasteiger partial charge in [-0.1, -0.05) is 24.3 Å². The van der Waals surface area contributed by atoms with Gasteiger partial charge in [-0.3, -0.25) is 0 Å². The van der Waals surface area contributed by atoms with Crippen LogP contribution in [-0.2, 0) is 0 Å². The minimum absolute atomic E-state index is 0.104. The topological polar surface area (TPSA) is 18.5 Å². The number of hydrogen-bond acceptors (Lipinski definition) is 2. The highest BCUT2D eigenvalue weighted by molar-refractivity contribution is 6.64. The van der Waals surface area contributed by atoms with E-state index in [4.69, 9.17) is 9.31 Å². The van der Waals surface area contributed by atoms with Crippen molar-refractivity contribution in [1.82, 2.24) is 0 Å². The van der Waals surface area contributed by atoms with E-state index in [2.05, 4.69) is 0 Å². The molecular weight excluding hydrogens is 540 g/mol. The molecule has 0 bridgehead atoms. The Morgan fingerprint density at radius 3 is 1.74 bits per heavy atom. The number of rotatable bonds is 6. The van der Waals surface area contributed by atoms with Gasteiger partial charge in [0.1, 0.15) is 11.6 Å². The van der Waals surface area contributed by atoms with E-state index in [9.17, 15) is 48.3 Å². The summed E-state index contributed by atoms with van der Waals surface area (Å²) in [5, 5.41) is 0. The molecule has 0 amide bonds. The lowest BCUT2D eigenvalue weighted by atomic mass is 9.73. The van der Waals surface area contributed by atoms with E-state index in [-0.39, 0.29) is 12.1 Å². The molecule has 4 rings (SSSR count). The summed E-state index contributed by atoms with van der Waals surface area (Å²) in [6.45, 7) is 0. The fraction of sp³-hybridized carbons (Fsp3) is 0. The minimum Gasteiger partial charge on any atom is -0.520 e. The van der Waals surface area contributed by atoms with Gasteiger partial charge >= 0.3 is 7.12 Å². The quantitative estimate of drug-likeness (QED) is 0.115. The van der Waals surface area contributed by atoms with Gasteiger partial charge in [-0.15, -0.1) is 0 Å². The summed E-state index contributed by atoms with van der Waals surface area (Å²) in [5.74, 6) is -26.0. The van der Waals surface area contributed by atoms with Gasteiger partial charge in [0.2, 0.25) is 29.1 Å². The lowest BCUT2D eigenvalue weighted by Gasteiger charge is -2.21. The first-order valence-electron chi connectivity index (χ1n) is 10.1. The molecule has 0 N–H and O–H groups in total. The minimum atomic E-state index is -2.55. The zero-order valence-corrected chi connectivity index (χ0v) is 18.2. The van der Waals surface area contributed by atoms with Crippen molar-refractivity contribution in [1.29, 1.82) is 0 Å². The summed E-state index contributed by atoms with van der Waals surface area (Å²) >= 11 is 0. The van der Waals surface area contributed by atoms with Crippen molar-refractivity contribution in [3.05, 3.63) is 113 Å². The van der Waals surface area contributed by atoms with Crippen LogP contribution in [0.15, 0.2) is 48.5 Å². The summed E-state index contributed by atoms with van der Waals surface area (Å²) in [4.78, 5) is 0. The van der Waals surface area contributed by atoms with Gasteiger partial charge in [-0.05, 0) is 17.7 Å². The molecule has 4 aromatic carbocycles. The maximum Gasteiger partial charge on any atom is 0.633 e. The summed E-state index contributed by atoms with van der Waals surface area (Å²) in [6.07, 6.45) is 0. The van der Waals surface area contributed by atoms with Crippen LogP contribution in [0.5, 0.6) is 11.5 Å².